The summed E-state index contributed by atoms with van der Waals surface area (Å²) >= 11 is 1.34. The first-order valence-electron chi connectivity index (χ1n) is 10.7. The summed E-state index contributed by atoms with van der Waals surface area (Å²) in [5, 5.41) is 2.29. The van der Waals surface area contributed by atoms with Gasteiger partial charge in [-0.1, -0.05) is 0 Å². The van der Waals surface area contributed by atoms with Crippen molar-refractivity contribution in [3.63, 3.8) is 0 Å². The highest BCUT2D eigenvalue weighted by Crippen LogP contribution is 2.28. The zero-order valence-corrected chi connectivity index (χ0v) is 19.7. The summed E-state index contributed by atoms with van der Waals surface area (Å²) in [5.74, 6) is 1.69. The molecule has 1 fully saturated rings. The van der Waals surface area contributed by atoms with Crippen molar-refractivity contribution in [1.82, 2.24) is 9.88 Å². The maximum Gasteiger partial charge on any atom is 0.207 e. The SMILES string of the molecule is COc1cc(C)c(CN=C(N)N2CCC[C@H](CC(N)C(=O)c3nccs3)C2)c(C)c1C. The Bertz CT molecular complexity index is 942. The third-order valence-corrected chi connectivity index (χ3v) is 7.03. The van der Waals surface area contributed by atoms with E-state index in [4.69, 9.17) is 21.2 Å². The molecule has 0 amide bonds. The Kier molecular flexibility index (Phi) is 7.67. The monoisotopic (exact) mass is 443 g/mol. The molecule has 0 radical (unpaired) electrons. The van der Waals surface area contributed by atoms with Gasteiger partial charge in [-0.05, 0) is 74.3 Å². The van der Waals surface area contributed by atoms with E-state index in [0.717, 1.165) is 42.8 Å². The number of hydrogen-bond donors (Lipinski definition) is 2. The number of nitrogens with two attached hydrogens (primary N) is 2. The molecule has 31 heavy (non-hydrogen) atoms. The lowest BCUT2D eigenvalue weighted by Crippen LogP contribution is -2.46. The Morgan fingerprint density at radius 2 is 2.16 bits per heavy atom. The van der Waals surface area contributed by atoms with Gasteiger partial charge in [0.2, 0.25) is 5.78 Å². The van der Waals surface area contributed by atoms with Gasteiger partial charge in [-0.3, -0.25) is 4.79 Å². The van der Waals surface area contributed by atoms with Gasteiger partial charge in [-0.2, -0.15) is 0 Å². The molecule has 1 aliphatic heterocycles. The smallest absolute Gasteiger partial charge is 0.207 e. The molecule has 3 rings (SSSR count). The minimum absolute atomic E-state index is 0.0745. The summed E-state index contributed by atoms with van der Waals surface area (Å²) in [6.45, 7) is 8.43. The fourth-order valence-electron chi connectivity index (χ4n) is 4.25. The summed E-state index contributed by atoms with van der Waals surface area (Å²) in [6, 6.07) is 1.53. The van der Waals surface area contributed by atoms with Crippen molar-refractivity contribution in [2.75, 3.05) is 20.2 Å². The number of rotatable bonds is 7. The number of nitrogens with zero attached hydrogens (tertiary/aromatic N) is 3. The minimum atomic E-state index is -0.526. The van der Waals surface area contributed by atoms with Gasteiger partial charge in [0.1, 0.15) is 5.75 Å². The van der Waals surface area contributed by atoms with Gasteiger partial charge < -0.3 is 21.1 Å². The average Bonchev–Trinajstić information content (AvgIpc) is 3.30. The lowest BCUT2D eigenvalue weighted by atomic mass is 9.90. The highest BCUT2D eigenvalue weighted by Gasteiger charge is 2.27. The molecule has 0 aliphatic carbocycles. The van der Waals surface area contributed by atoms with E-state index in [1.807, 2.05) is 0 Å². The van der Waals surface area contributed by atoms with Crippen LogP contribution in [-0.4, -0.2) is 47.9 Å². The molecule has 1 unspecified atom stereocenters. The third kappa shape index (κ3) is 5.43. The standard InChI is InChI=1S/C23H33N5O2S/c1-14-10-20(30-4)16(3)15(2)18(14)12-27-23(25)28-8-5-6-17(13-28)11-19(24)21(29)22-26-7-9-31-22/h7,9-10,17,19H,5-6,8,11-13,24H2,1-4H3,(H2,25,27)/t17-,19?/m1/s1. The number of benzene rings is 1. The number of ether oxygens (including phenoxy) is 1. The highest BCUT2D eigenvalue weighted by molar-refractivity contribution is 7.11. The number of piperidine rings is 1. The molecule has 4 N–H and O–H groups in total. The molecule has 2 atom stereocenters. The minimum Gasteiger partial charge on any atom is -0.496 e. The van der Waals surface area contributed by atoms with E-state index in [0.29, 0.717) is 29.9 Å². The fraction of sp³-hybridized carbons (Fsp3) is 0.522. The molecule has 7 nitrogen and oxygen atoms in total. The molecule has 1 aliphatic rings. The molecular weight excluding hydrogens is 410 g/mol. The summed E-state index contributed by atoms with van der Waals surface area (Å²) in [5.41, 5.74) is 17.2. The molecule has 0 bridgehead atoms. The van der Waals surface area contributed by atoms with Gasteiger partial charge in [-0.25, -0.2) is 9.98 Å². The van der Waals surface area contributed by atoms with E-state index >= 15 is 0 Å². The van der Waals surface area contributed by atoms with Crippen molar-refractivity contribution in [2.24, 2.45) is 22.4 Å². The Labute approximate surface area is 188 Å². The number of carbonyl (C=O) groups excluding carboxylic acids is 1. The van der Waals surface area contributed by atoms with E-state index < -0.39 is 6.04 Å². The van der Waals surface area contributed by atoms with Crippen molar-refractivity contribution in [3.05, 3.63) is 44.9 Å². The molecule has 168 valence electrons. The van der Waals surface area contributed by atoms with Crippen LogP contribution in [0.25, 0.3) is 0 Å². The second-order valence-corrected chi connectivity index (χ2v) is 9.19. The molecule has 8 heteroatoms. The second-order valence-electron chi connectivity index (χ2n) is 8.30. The normalized spacial score (nSPS) is 18.2. The molecule has 2 aromatic rings. The Morgan fingerprint density at radius 1 is 1.39 bits per heavy atom. The van der Waals surface area contributed by atoms with Crippen LogP contribution in [0.5, 0.6) is 5.75 Å². The number of Topliss-reactive ketones (excluding diaryl/α,β-unsaturated/α-hetero) is 1. The molecule has 1 saturated heterocycles. The lowest BCUT2D eigenvalue weighted by molar-refractivity contribution is 0.0939. The molecule has 1 aromatic carbocycles. The van der Waals surface area contributed by atoms with Gasteiger partial charge in [0.05, 0.1) is 19.7 Å². The molecule has 0 saturated carbocycles. The van der Waals surface area contributed by atoms with Crippen LogP contribution in [0.4, 0.5) is 0 Å². The predicted octanol–water partition coefficient (Wildman–Crippen LogP) is 3.20. The van der Waals surface area contributed by atoms with E-state index in [2.05, 4.69) is 36.7 Å². The van der Waals surface area contributed by atoms with Crippen LogP contribution in [0.2, 0.25) is 0 Å². The summed E-state index contributed by atoms with van der Waals surface area (Å²) in [4.78, 5) is 23.4. The van der Waals surface area contributed by atoms with Gasteiger partial charge in [-0.15, -0.1) is 11.3 Å². The average molecular weight is 444 g/mol. The number of likely N-dealkylation sites (tertiary alicyclic amines) is 1. The van der Waals surface area contributed by atoms with Crippen LogP contribution >= 0.6 is 11.3 Å². The van der Waals surface area contributed by atoms with Crippen LogP contribution in [0, 0.1) is 26.7 Å². The molecule has 1 aromatic heterocycles. The molecular formula is C23H33N5O2S. The van der Waals surface area contributed by atoms with Crippen molar-refractivity contribution in [2.45, 2.75) is 52.6 Å². The number of aliphatic imine (C=N–C) groups is 1. The number of ketones is 1. The van der Waals surface area contributed by atoms with E-state index in [-0.39, 0.29) is 5.78 Å². The summed E-state index contributed by atoms with van der Waals surface area (Å²) < 4.78 is 5.46. The van der Waals surface area contributed by atoms with Gasteiger partial charge in [0, 0.05) is 24.7 Å². The predicted molar refractivity (Wildman–Crippen MR) is 126 cm³/mol. The lowest BCUT2D eigenvalue weighted by Gasteiger charge is -2.34. The topological polar surface area (TPSA) is 107 Å². The van der Waals surface area contributed by atoms with Crippen molar-refractivity contribution in [1.29, 1.82) is 0 Å². The highest BCUT2D eigenvalue weighted by atomic mass is 32.1. The van der Waals surface area contributed by atoms with Gasteiger partial charge in [0.15, 0.2) is 11.0 Å². The van der Waals surface area contributed by atoms with Crippen molar-refractivity contribution in [3.8, 4) is 5.75 Å². The Morgan fingerprint density at radius 3 is 2.84 bits per heavy atom. The van der Waals surface area contributed by atoms with Crippen LogP contribution in [0.15, 0.2) is 22.6 Å². The first kappa shape index (κ1) is 23.2. The largest absolute Gasteiger partial charge is 0.496 e. The van der Waals surface area contributed by atoms with Crippen LogP contribution in [0.1, 0.15) is 51.3 Å². The van der Waals surface area contributed by atoms with Crippen molar-refractivity contribution < 1.29 is 9.53 Å². The quantitative estimate of drug-likeness (QED) is 0.387. The molecule has 2 heterocycles. The number of aryl methyl sites for hydroxylation is 1. The van der Waals surface area contributed by atoms with Crippen LogP contribution in [0.3, 0.4) is 0 Å². The first-order chi connectivity index (χ1) is 14.8. The number of aromatic nitrogens is 1. The van der Waals surface area contributed by atoms with Crippen molar-refractivity contribution >= 4 is 23.1 Å². The second kappa shape index (κ2) is 10.2. The zero-order chi connectivity index (χ0) is 22.5. The van der Waals surface area contributed by atoms with E-state index in [1.54, 1.807) is 18.7 Å². The fourth-order valence-corrected chi connectivity index (χ4v) is 4.89. The van der Waals surface area contributed by atoms with E-state index in [1.165, 1.54) is 22.5 Å². The Hall–Kier alpha value is -2.45. The van der Waals surface area contributed by atoms with Gasteiger partial charge in [0.25, 0.3) is 0 Å². The molecule has 0 spiro atoms. The maximum absolute atomic E-state index is 12.4. The van der Waals surface area contributed by atoms with Gasteiger partial charge >= 0.3 is 0 Å². The maximum atomic E-state index is 12.4. The number of thiazole rings is 1. The third-order valence-electron chi connectivity index (χ3n) is 6.24. The number of carbonyl (C=O) groups is 1. The number of methoxy groups -OCH3 is 1. The zero-order valence-electron chi connectivity index (χ0n) is 18.9. The van der Waals surface area contributed by atoms with E-state index in [9.17, 15) is 4.79 Å². The number of guanidine groups is 1. The summed E-state index contributed by atoms with van der Waals surface area (Å²) in [7, 11) is 1.69. The summed E-state index contributed by atoms with van der Waals surface area (Å²) in [6.07, 6.45) is 4.33. The first-order valence-corrected chi connectivity index (χ1v) is 11.6. The Balaban J connectivity index is 1.63. The number of hydrogen-bond acceptors (Lipinski definition) is 6. The van der Waals surface area contributed by atoms with Crippen LogP contribution < -0.4 is 16.2 Å². The van der Waals surface area contributed by atoms with Crippen LogP contribution in [-0.2, 0) is 6.54 Å².